The maximum absolute atomic E-state index is 12.0. The highest BCUT2D eigenvalue weighted by atomic mass is 16.1. The second-order valence-electron chi connectivity index (χ2n) is 6.56. The highest BCUT2D eigenvalue weighted by molar-refractivity contribution is 5.97. The van der Waals surface area contributed by atoms with Crippen molar-refractivity contribution in [3.63, 3.8) is 0 Å². The molecule has 0 radical (unpaired) electrons. The van der Waals surface area contributed by atoms with Crippen molar-refractivity contribution in [3.05, 3.63) is 34.9 Å². The highest BCUT2D eigenvalue weighted by Gasteiger charge is 2.25. The molecule has 104 valence electrons. The summed E-state index contributed by atoms with van der Waals surface area (Å²) in [6, 6.07) is 6.47. The second-order valence-corrected chi connectivity index (χ2v) is 6.56. The van der Waals surface area contributed by atoms with E-state index in [-0.39, 0.29) is 5.91 Å². The van der Waals surface area contributed by atoms with Crippen LogP contribution in [0.4, 0.5) is 0 Å². The number of carbonyl (C=O) groups excluding carboxylic acids is 1. The Balaban J connectivity index is 2.30. The lowest BCUT2D eigenvalue weighted by molar-refractivity contribution is 0.0938. The molecule has 1 aromatic rings. The zero-order valence-corrected chi connectivity index (χ0v) is 12.5. The standard InChI is InChI=1S/C17H25NO/c1-11(2)7-13-5-6-15-14(8-12(3)4)10-18-17(19)16(15)9-13/h5-6,9,11-12,14H,7-8,10H2,1-4H3,(H,18,19). The summed E-state index contributed by atoms with van der Waals surface area (Å²) < 4.78 is 0. The molecule has 1 heterocycles. The van der Waals surface area contributed by atoms with Gasteiger partial charge in [0.2, 0.25) is 0 Å². The molecular formula is C17H25NO. The summed E-state index contributed by atoms with van der Waals surface area (Å²) >= 11 is 0. The summed E-state index contributed by atoms with van der Waals surface area (Å²) in [7, 11) is 0. The molecule has 0 saturated carbocycles. The van der Waals surface area contributed by atoms with Gasteiger partial charge in [-0.3, -0.25) is 4.79 Å². The topological polar surface area (TPSA) is 29.1 Å². The number of hydrogen-bond acceptors (Lipinski definition) is 1. The van der Waals surface area contributed by atoms with Crippen molar-refractivity contribution in [2.45, 2.75) is 46.5 Å². The minimum absolute atomic E-state index is 0.0978. The van der Waals surface area contributed by atoms with Gasteiger partial charge in [0.15, 0.2) is 0 Å². The molecule has 0 bridgehead atoms. The molecule has 19 heavy (non-hydrogen) atoms. The molecule has 0 aromatic heterocycles. The van der Waals surface area contributed by atoms with Crippen molar-refractivity contribution in [1.29, 1.82) is 0 Å². The van der Waals surface area contributed by atoms with E-state index in [0.29, 0.717) is 17.8 Å². The predicted molar refractivity (Wildman–Crippen MR) is 79.5 cm³/mol. The van der Waals surface area contributed by atoms with Crippen molar-refractivity contribution < 1.29 is 4.79 Å². The average molecular weight is 259 g/mol. The minimum Gasteiger partial charge on any atom is -0.351 e. The van der Waals surface area contributed by atoms with E-state index in [2.05, 4.69) is 51.2 Å². The van der Waals surface area contributed by atoms with Crippen LogP contribution >= 0.6 is 0 Å². The van der Waals surface area contributed by atoms with Crippen LogP contribution in [-0.2, 0) is 6.42 Å². The van der Waals surface area contributed by atoms with Crippen LogP contribution in [0.25, 0.3) is 0 Å². The van der Waals surface area contributed by atoms with Gasteiger partial charge in [-0.15, -0.1) is 0 Å². The van der Waals surface area contributed by atoms with Crippen molar-refractivity contribution in [1.82, 2.24) is 5.32 Å². The first kappa shape index (κ1) is 14.1. The maximum Gasteiger partial charge on any atom is 0.251 e. The first-order valence-corrected chi connectivity index (χ1v) is 7.38. The van der Waals surface area contributed by atoms with Crippen LogP contribution in [0.3, 0.4) is 0 Å². The summed E-state index contributed by atoms with van der Waals surface area (Å²) in [4.78, 5) is 12.0. The van der Waals surface area contributed by atoms with E-state index in [0.717, 1.165) is 24.9 Å². The molecule has 2 heteroatoms. The second kappa shape index (κ2) is 5.77. The van der Waals surface area contributed by atoms with Crippen LogP contribution in [0, 0.1) is 11.8 Å². The Morgan fingerprint density at radius 3 is 2.58 bits per heavy atom. The molecule has 1 aromatic carbocycles. The van der Waals surface area contributed by atoms with Gasteiger partial charge in [0.25, 0.3) is 5.91 Å². The van der Waals surface area contributed by atoms with Crippen molar-refractivity contribution in [2.75, 3.05) is 6.54 Å². The molecule has 0 spiro atoms. The Bertz CT molecular complexity index is 462. The van der Waals surface area contributed by atoms with E-state index in [1.807, 2.05) is 0 Å². The zero-order valence-electron chi connectivity index (χ0n) is 12.5. The van der Waals surface area contributed by atoms with Gasteiger partial charge in [-0.05, 0) is 41.9 Å². The molecule has 2 rings (SSSR count). The first-order chi connectivity index (χ1) is 8.97. The van der Waals surface area contributed by atoms with Gasteiger partial charge in [-0.1, -0.05) is 39.8 Å². The van der Waals surface area contributed by atoms with Gasteiger partial charge in [-0.2, -0.15) is 0 Å². The van der Waals surface area contributed by atoms with E-state index in [1.165, 1.54) is 11.1 Å². The SMILES string of the molecule is CC(C)Cc1ccc2c(c1)C(=O)NCC2CC(C)C. The van der Waals surface area contributed by atoms with Gasteiger partial charge >= 0.3 is 0 Å². The van der Waals surface area contributed by atoms with Gasteiger partial charge in [-0.25, -0.2) is 0 Å². The summed E-state index contributed by atoms with van der Waals surface area (Å²) in [5, 5.41) is 3.04. The van der Waals surface area contributed by atoms with Crippen LogP contribution in [0.5, 0.6) is 0 Å². The van der Waals surface area contributed by atoms with Crippen molar-refractivity contribution in [3.8, 4) is 0 Å². The van der Waals surface area contributed by atoms with Crippen LogP contribution in [-0.4, -0.2) is 12.5 Å². The highest BCUT2D eigenvalue weighted by Crippen LogP contribution is 2.30. The van der Waals surface area contributed by atoms with Gasteiger partial charge in [0, 0.05) is 18.0 Å². The number of fused-ring (bicyclic) bond motifs is 1. The Morgan fingerprint density at radius 2 is 1.95 bits per heavy atom. The molecule has 2 nitrogen and oxygen atoms in total. The van der Waals surface area contributed by atoms with E-state index < -0.39 is 0 Å². The Morgan fingerprint density at radius 1 is 1.21 bits per heavy atom. The van der Waals surface area contributed by atoms with Crippen LogP contribution in [0.15, 0.2) is 18.2 Å². The van der Waals surface area contributed by atoms with E-state index in [9.17, 15) is 4.79 Å². The van der Waals surface area contributed by atoms with Crippen molar-refractivity contribution in [2.24, 2.45) is 11.8 Å². The van der Waals surface area contributed by atoms with Crippen LogP contribution < -0.4 is 5.32 Å². The van der Waals surface area contributed by atoms with Gasteiger partial charge < -0.3 is 5.32 Å². The molecule has 1 atom stereocenters. The lowest BCUT2D eigenvalue weighted by Gasteiger charge is -2.27. The number of carbonyl (C=O) groups is 1. The molecule has 1 amide bonds. The molecule has 1 N–H and O–H groups in total. The molecular weight excluding hydrogens is 234 g/mol. The van der Waals surface area contributed by atoms with Gasteiger partial charge in [0.1, 0.15) is 0 Å². The molecule has 0 aliphatic carbocycles. The fraction of sp³-hybridized carbons (Fsp3) is 0.588. The lowest BCUT2D eigenvalue weighted by atomic mass is 9.83. The molecule has 1 aliphatic heterocycles. The van der Waals surface area contributed by atoms with Crippen molar-refractivity contribution >= 4 is 5.91 Å². The van der Waals surface area contributed by atoms with Gasteiger partial charge in [0.05, 0.1) is 0 Å². The lowest BCUT2D eigenvalue weighted by Crippen LogP contribution is -2.35. The molecule has 1 aliphatic rings. The zero-order chi connectivity index (χ0) is 14.0. The monoisotopic (exact) mass is 259 g/mol. The smallest absolute Gasteiger partial charge is 0.251 e. The number of rotatable bonds is 4. The number of amides is 1. The normalized spacial score (nSPS) is 18.6. The Hall–Kier alpha value is -1.31. The third kappa shape index (κ3) is 3.37. The van der Waals surface area contributed by atoms with E-state index in [4.69, 9.17) is 0 Å². The quantitative estimate of drug-likeness (QED) is 0.876. The molecule has 0 fully saturated rings. The number of hydrogen-bond donors (Lipinski definition) is 1. The summed E-state index contributed by atoms with van der Waals surface area (Å²) in [5.74, 6) is 1.85. The Kier molecular flexibility index (Phi) is 4.28. The summed E-state index contributed by atoms with van der Waals surface area (Å²) in [6.45, 7) is 9.68. The molecule has 1 unspecified atom stereocenters. The Labute approximate surface area is 116 Å². The number of nitrogens with one attached hydrogen (secondary N) is 1. The number of benzene rings is 1. The largest absolute Gasteiger partial charge is 0.351 e. The van der Waals surface area contributed by atoms with Crippen LogP contribution in [0.2, 0.25) is 0 Å². The fourth-order valence-corrected chi connectivity index (χ4v) is 2.95. The molecule has 0 saturated heterocycles. The summed E-state index contributed by atoms with van der Waals surface area (Å²) in [5.41, 5.74) is 3.41. The van der Waals surface area contributed by atoms with E-state index in [1.54, 1.807) is 0 Å². The third-order valence-corrected chi connectivity index (χ3v) is 3.71. The third-order valence-electron chi connectivity index (χ3n) is 3.71. The average Bonchev–Trinajstić information content (AvgIpc) is 2.32. The summed E-state index contributed by atoms with van der Waals surface area (Å²) in [6.07, 6.45) is 2.17. The maximum atomic E-state index is 12.0. The first-order valence-electron chi connectivity index (χ1n) is 7.38. The van der Waals surface area contributed by atoms with Crippen LogP contribution in [0.1, 0.15) is 61.5 Å². The fourth-order valence-electron chi connectivity index (χ4n) is 2.95. The van der Waals surface area contributed by atoms with E-state index >= 15 is 0 Å². The minimum atomic E-state index is 0.0978. The predicted octanol–water partition coefficient (Wildman–Crippen LogP) is 3.76.